The Morgan fingerprint density at radius 3 is 2.44 bits per heavy atom. The smallest absolute Gasteiger partial charge is 0.380 e. The highest BCUT2D eigenvalue weighted by atomic mass is 35.5. The predicted octanol–water partition coefficient (Wildman–Crippen LogP) is 3.74. The van der Waals surface area contributed by atoms with Crippen molar-refractivity contribution in [2.75, 3.05) is 5.73 Å². The summed E-state index contributed by atoms with van der Waals surface area (Å²) in [5.74, 6) is -1.47. The highest BCUT2D eigenvalue weighted by molar-refractivity contribution is 6.35. The lowest BCUT2D eigenvalue weighted by molar-refractivity contribution is -0.137. The summed E-state index contributed by atoms with van der Waals surface area (Å²) in [5, 5.41) is 3.02. The average molecular weight is 281 g/mol. The van der Waals surface area contributed by atoms with Gasteiger partial charge in [0.15, 0.2) is 11.6 Å². The molecule has 0 amide bonds. The van der Waals surface area contributed by atoms with Crippen molar-refractivity contribution in [3.8, 4) is 11.3 Å². The van der Waals surface area contributed by atoms with Gasteiger partial charge in [0.25, 0.3) is 0 Å². The van der Waals surface area contributed by atoms with E-state index in [4.69, 9.17) is 17.3 Å². The monoisotopic (exact) mass is 280 g/mol. The Labute approximate surface area is 103 Å². The number of benzene rings is 1. The number of anilines is 1. The van der Waals surface area contributed by atoms with E-state index >= 15 is 0 Å². The third kappa shape index (κ3) is 2.13. The summed E-state index contributed by atoms with van der Waals surface area (Å²) in [7, 11) is 0. The molecule has 0 aliphatic heterocycles. The Bertz CT molecular complexity index is 594. The second kappa shape index (κ2) is 4.16. The fraction of sp³-hybridized carbons (Fsp3) is 0.100. The number of aromatic nitrogens is 1. The van der Waals surface area contributed by atoms with Crippen molar-refractivity contribution < 1.29 is 22.1 Å². The summed E-state index contributed by atoms with van der Waals surface area (Å²) < 4.78 is 55.6. The fourth-order valence-electron chi connectivity index (χ4n) is 1.33. The van der Waals surface area contributed by atoms with Crippen LogP contribution < -0.4 is 5.73 Å². The van der Waals surface area contributed by atoms with E-state index in [1.165, 1.54) is 0 Å². The molecule has 1 aromatic carbocycles. The second-order valence-corrected chi connectivity index (χ2v) is 3.78. The molecule has 2 aromatic rings. The highest BCUT2D eigenvalue weighted by Gasteiger charge is 2.32. The lowest BCUT2D eigenvalue weighted by Crippen LogP contribution is -2.05. The molecule has 18 heavy (non-hydrogen) atoms. The van der Waals surface area contributed by atoms with Crippen molar-refractivity contribution in [3.05, 3.63) is 34.6 Å². The third-order valence-corrected chi connectivity index (χ3v) is 2.56. The summed E-state index contributed by atoms with van der Waals surface area (Å²) in [4.78, 5) is 0. The van der Waals surface area contributed by atoms with Crippen LogP contribution in [0.5, 0.6) is 0 Å². The van der Waals surface area contributed by atoms with Gasteiger partial charge in [-0.1, -0.05) is 16.8 Å². The molecule has 0 aliphatic carbocycles. The minimum atomic E-state index is -4.60. The molecular weight excluding hydrogens is 276 g/mol. The first-order valence-electron chi connectivity index (χ1n) is 4.58. The normalized spacial score (nSPS) is 11.8. The van der Waals surface area contributed by atoms with Crippen LogP contribution in [0.1, 0.15) is 5.56 Å². The maximum atomic E-state index is 13.5. The van der Waals surface area contributed by atoms with Crippen LogP contribution in [0.4, 0.5) is 23.4 Å². The maximum Gasteiger partial charge on any atom is 0.416 e. The number of hydrogen-bond acceptors (Lipinski definition) is 3. The first-order chi connectivity index (χ1) is 8.30. The van der Waals surface area contributed by atoms with E-state index in [-0.39, 0.29) is 16.6 Å². The van der Waals surface area contributed by atoms with Crippen LogP contribution >= 0.6 is 11.6 Å². The SMILES string of the molecule is Nc1noc(-c2cc(C(F)(F)F)ccc2F)c1Cl. The molecule has 2 rings (SSSR count). The Balaban J connectivity index is 2.61. The molecule has 2 N–H and O–H groups in total. The van der Waals surface area contributed by atoms with Gasteiger partial charge in [-0.2, -0.15) is 13.2 Å². The fourth-order valence-corrected chi connectivity index (χ4v) is 1.51. The quantitative estimate of drug-likeness (QED) is 0.810. The van der Waals surface area contributed by atoms with Crippen molar-refractivity contribution in [3.63, 3.8) is 0 Å². The van der Waals surface area contributed by atoms with Crippen LogP contribution in [-0.2, 0) is 6.18 Å². The Kier molecular flexibility index (Phi) is 2.94. The van der Waals surface area contributed by atoms with Crippen molar-refractivity contribution in [2.24, 2.45) is 0 Å². The molecule has 1 heterocycles. The van der Waals surface area contributed by atoms with E-state index in [0.717, 1.165) is 0 Å². The molecule has 1 aromatic heterocycles. The van der Waals surface area contributed by atoms with Gasteiger partial charge in [-0.25, -0.2) is 4.39 Å². The molecule has 0 atom stereocenters. The minimum absolute atomic E-state index is 0.219. The molecule has 0 saturated heterocycles. The number of nitrogen functional groups attached to an aromatic ring is 1. The Hall–Kier alpha value is -1.76. The zero-order valence-electron chi connectivity index (χ0n) is 8.55. The van der Waals surface area contributed by atoms with Crippen molar-refractivity contribution in [2.45, 2.75) is 6.18 Å². The van der Waals surface area contributed by atoms with E-state index in [1.807, 2.05) is 0 Å². The molecule has 0 aliphatic rings. The molecule has 8 heteroatoms. The van der Waals surface area contributed by atoms with Crippen LogP contribution in [0.15, 0.2) is 22.7 Å². The molecule has 0 bridgehead atoms. The number of halogens is 5. The van der Waals surface area contributed by atoms with Gasteiger partial charge in [-0.15, -0.1) is 0 Å². The molecule has 0 unspecified atom stereocenters. The van der Waals surface area contributed by atoms with Gasteiger partial charge in [-0.05, 0) is 18.2 Å². The van der Waals surface area contributed by atoms with Crippen molar-refractivity contribution in [1.29, 1.82) is 0 Å². The van der Waals surface area contributed by atoms with Crippen LogP contribution in [0.3, 0.4) is 0 Å². The first-order valence-corrected chi connectivity index (χ1v) is 4.96. The molecule has 0 saturated carbocycles. The van der Waals surface area contributed by atoms with Crippen LogP contribution in [0, 0.1) is 5.82 Å². The standard InChI is InChI=1S/C10H5ClF4N2O/c11-7-8(18-17-9(7)16)5-3-4(10(13,14)15)1-2-6(5)12/h1-3H,(H2,16,17). The van der Waals surface area contributed by atoms with Gasteiger partial charge in [0.1, 0.15) is 10.8 Å². The van der Waals surface area contributed by atoms with E-state index in [1.54, 1.807) is 0 Å². The average Bonchev–Trinajstić information content (AvgIpc) is 2.59. The van der Waals surface area contributed by atoms with E-state index < -0.39 is 23.1 Å². The second-order valence-electron chi connectivity index (χ2n) is 3.40. The zero-order chi connectivity index (χ0) is 13.5. The maximum absolute atomic E-state index is 13.5. The number of hydrogen-bond donors (Lipinski definition) is 1. The molecule has 0 radical (unpaired) electrons. The van der Waals surface area contributed by atoms with Crippen LogP contribution in [-0.4, -0.2) is 5.16 Å². The topological polar surface area (TPSA) is 52.0 Å². The molecular formula is C10H5ClF4N2O. The molecule has 3 nitrogen and oxygen atoms in total. The van der Waals surface area contributed by atoms with E-state index in [9.17, 15) is 17.6 Å². The highest BCUT2D eigenvalue weighted by Crippen LogP contribution is 2.37. The van der Waals surface area contributed by atoms with Crippen LogP contribution in [0.25, 0.3) is 11.3 Å². The predicted molar refractivity (Wildman–Crippen MR) is 56.3 cm³/mol. The Morgan fingerprint density at radius 2 is 1.94 bits per heavy atom. The van der Waals surface area contributed by atoms with Gasteiger partial charge in [0.2, 0.25) is 0 Å². The van der Waals surface area contributed by atoms with Gasteiger partial charge in [0.05, 0.1) is 11.1 Å². The first kappa shape index (κ1) is 12.7. The molecule has 0 fully saturated rings. The largest absolute Gasteiger partial charge is 0.416 e. The molecule has 96 valence electrons. The lowest BCUT2D eigenvalue weighted by atomic mass is 10.1. The summed E-state index contributed by atoms with van der Waals surface area (Å²) in [6, 6.07) is 1.88. The zero-order valence-corrected chi connectivity index (χ0v) is 9.31. The number of rotatable bonds is 1. The summed E-state index contributed by atoms with van der Waals surface area (Å²) in [6.07, 6.45) is -4.60. The van der Waals surface area contributed by atoms with E-state index in [2.05, 4.69) is 9.68 Å². The number of nitrogens with two attached hydrogens (primary N) is 1. The van der Waals surface area contributed by atoms with Gasteiger partial charge in [0, 0.05) is 0 Å². The Morgan fingerprint density at radius 1 is 1.28 bits per heavy atom. The molecule has 0 spiro atoms. The van der Waals surface area contributed by atoms with Crippen molar-refractivity contribution in [1.82, 2.24) is 5.16 Å². The van der Waals surface area contributed by atoms with Crippen molar-refractivity contribution >= 4 is 17.4 Å². The van der Waals surface area contributed by atoms with Gasteiger partial charge >= 0.3 is 6.18 Å². The summed E-state index contributed by atoms with van der Waals surface area (Å²) in [6.45, 7) is 0. The number of nitrogens with zero attached hydrogens (tertiary/aromatic N) is 1. The lowest BCUT2D eigenvalue weighted by Gasteiger charge is -2.08. The van der Waals surface area contributed by atoms with Crippen LogP contribution in [0.2, 0.25) is 5.02 Å². The van der Waals surface area contributed by atoms with Gasteiger partial charge < -0.3 is 10.3 Å². The minimum Gasteiger partial charge on any atom is -0.380 e. The summed E-state index contributed by atoms with van der Waals surface area (Å²) in [5.41, 5.74) is 3.80. The third-order valence-electron chi connectivity index (χ3n) is 2.20. The summed E-state index contributed by atoms with van der Waals surface area (Å²) >= 11 is 5.65. The van der Waals surface area contributed by atoms with E-state index in [0.29, 0.717) is 18.2 Å². The number of alkyl halides is 3. The van der Waals surface area contributed by atoms with Gasteiger partial charge in [-0.3, -0.25) is 0 Å².